The highest BCUT2D eigenvalue weighted by atomic mass is 16.5. The Morgan fingerprint density at radius 2 is 1.68 bits per heavy atom. The van der Waals surface area contributed by atoms with Crippen LogP contribution in [-0.2, 0) is 6.42 Å². The molecule has 1 aromatic rings. The fourth-order valence-corrected chi connectivity index (χ4v) is 2.44. The zero-order valence-corrected chi connectivity index (χ0v) is 12.6. The molecular formula is C16H27NO2. The van der Waals surface area contributed by atoms with Crippen molar-refractivity contribution in [1.29, 1.82) is 0 Å². The van der Waals surface area contributed by atoms with Crippen LogP contribution >= 0.6 is 0 Å². The third-order valence-corrected chi connectivity index (χ3v) is 3.74. The maximum absolute atomic E-state index is 6.25. The van der Waals surface area contributed by atoms with E-state index in [0.717, 1.165) is 30.3 Å². The van der Waals surface area contributed by atoms with Gasteiger partial charge in [0.05, 0.1) is 14.2 Å². The van der Waals surface area contributed by atoms with Crippen LogP contribution in [-0.4, -0.2) is 20.3 Å². The Bertz CT molecular complexity index is 375. The van der Waals surface area contributed by atoms with Crippen molar-refractivity contribution in [1.82, 2.24) is 0 Å². The second-order valence-corrected chi connectivity index (χ2v) is 5.07. The van der Waals surface area contributed by atoms with E-state index < -0.39 is 0 Å². The lowest BCUT2D eigenvalue weighted by molar-refractivity contribution is 0.354. The molecule has 0 fully saturated rings. The van der Waals surface area contributed by atoms with Crippen molar-refractivity contribution < 1.29 is 9.47 Å². The fraction of sp³-hybridized carbons (Fsp3) is 0.625. The number of nitrogens with two attached hydrogens (primary N) is 1. The molecule has 0 saturated heterocycles. The van der Waals surface area contributed by atoms with Gasteiger partial charge in [0.1, 0.15) is 0 Å². The van der Waals surface area contributed by atoms with Crippen molar-refractivity contribution in [3.8, 4) is 11.5 Å². The Morgan fingerprint density at radius 1 is 1.05 bits per heavy atom. The number of benzene rings is 1. The molecule has 3 nitrogen and oxygen atoms in total. The van der Waals surface area contributed by atoms with Crippen molar-refractivity contribution >= 4 is 0 Å². The summed E-state index contributed by atoms with van der Waals surface area (Å²) in [5, 5.41) is 0. The standard InChI is InChI=1S/C16H27NO2/c1-5-12(6-2)9-14(17)10-13-7-8-15(18-3)16(11-13)19-4/h7-8,11-12,14H,5-6,9-10,17H2,1-4H3. The predicted octanol–water partition coefficient (Wildman–Crippen LogP) is 3.40. The minimum atomic E-state index is 0.211. The normalized spacial score (nSPS) is 12.5. The highest BCUT2D eigenvalue weighted by Crippen LogP contribution is 2.28. The van der Waals surface area contributed by atoms with Crippen molar-refractivity contribution in [2.45, 2.75) is 45.6 Å². The van der Waals surface area contributed by atoms with Crippen LogP contribution in [0.5, 0.6) is 11.5 Å². The summed E-state index contributed by atoms with van der Waals surface area (Å²) in [4.78, 5) is 0. The van der Waals surface area contributed by atoms with Crippen molar-refractivity contribution in [3.05, 3.63) is 23.8 Å². The Morgan fingerprint density at radius 3 is 2.21 bits per heavy atom. The molecule has 0 spiro atoms. The molecule has 0 aromatic heterocycles. The van der Waals surface area contributed by atoms with Crippen LogP contribution in [0.4, 0.5) is 0 Å². The smallest absolute Gasteiger partial charge is 0.160 e. The SMILES string of the molecule is CCC(CC)CC(N)Cc1ccc(OC)c(OC)c1. The first-order valence-corrected chi connectivity index (χ1v) is 7.11. The minimum Gasteiger partial charge on any atom is -0.493 e. The molecule has 0 aliphatic rings. The van der Waals surface area contributed by atoms with E-state index in [2.05, 4.69) is 19.9 Å². The zero-order chi connectivity index (χ0) is 14.3. The van der Waals surface area contributed by atoms with Gasteiger partial charge in [-0.15, -0.1) is 0 Å². The summed E-state index contributed by atoms with van der Waals surface area (Å²) in [6, 6.07) is 6.24. The second-order valence-electron chi connectivity index (χ2n) is 5.07. The summed E-state index contributed by atoms with van der Waals surface area (Å²) in [6.07, 6.45) is 4.38. The quantitative estimate of drug-likeness (QED) is 0.783. The summed E-state index contributed by atoms with van der Waals surface area (Å²) in [6.45, 7) is 4.47. The lowest BCUT2D eigenvalue weighted by Gasteiger charge is -2.18. The lowest BCUT2D eigenvalue weighted by atomic mass is 9.92. The molecular weight excluding hydrogens is 238 g/mol. The average Bonchev–Trinajstić information content (AvgIpc) is 2.44. The van der Waals surface area contributed by atoms with Gasteiger partial charge in [-0.2, -0.15) is 0 Å². The second kappa shape index (κ2) is 8.05. The molecule has 1 aromatic carbocycles. The predicted molar refractivity (Wildman–Crippen MR) is 79.9 cm³/mol. The first-order valence-electron chi connectivity index (χ1n) is 7.11. The molecule has 0 aliphatic heterocycles. The molecule has 0 bridgehead atoms. The van der Waals surface area contributed by atoms with Crippen LogP contribution < -0.4 is 15.2 Å². The number of methoxy groups -OCH3 is 2. The molecule has 2 N–H and O–H groups in total. The molecule has 0 aliphatic carbocycles. The van der Waals surface area contributed by atoms with Gasteiger partial charge in [-0.05, 0) is 36.5 Å². The van der Waals surface area contributed by atoms with Gasteiger partial charge in [0.2, 0.25) is 0 Å². The molecule has 0 saturated carbocycles. The van der Waals surface area contributed by atoms with E-state index in [1.165, 1.54) is 18.4 Å². The Labute approximate surface area is 117 Å². The summed E-state index contributed by atoms with van der Waals surface area (Å²) in [5.74, 6) is 2.27. The van der Waals surface area contributed by atoms with Gasteiger partial charge in [0, 0.05) is 6.04 Å². The van der Waals surface area contributed by atoms with E-state index in [1.54, 1.807) is 14.2 Å². The van der Waals surface area contributed by atoms with Crippen LogP contribution in [0.2, 0.25) is 0 Å². The van der Waals surface area contributed by atoms with Crippen LogP contribution in [0.3, 0.4) is 0 Å². The van der Waals surface area contributed by atoms with Crippen LogP contribution in [0.25, 0.3) is 0 Å². The highest BCUT2D eigenvalue weighted by molar-refractivity contribution is 5.43. The maximum Gasteiger partial charge on any atom is 0.160 e. The molecule has 0 radical (unpaired) electrons. The van der Waals surface area contributed by atoms with Crippen LogP contribution in [0, 0.1) is 5.92 Å². The Hall–Kier alpha value is -1.22. The van der Waals surface area contributed by atoms with Crippen molar-refractivity contribution in [3.63, 3.8) is 0 Å². The van der Waals surface area contributed by atoms with E-state index in [9.17, 15) is 0 Å². The summed E-state index contributed by atoms with van der Waals surface area (Å²) < 4.78 is 10.6. The third kappa shape index (κ3) is 4.75. The largest absolute Gasteiger partial charge is 0.493 e. The van der Waals surface area contributed by atoms with Crippen molar-refractivity contribution in [2.24, 2.45) is 11.7 Å². The Kier molecular flexibility index (Phi) is 6.71. The van der Waals surface area contributed by atoms with Crippen LogP contribution in [0.15, 0.2) is 18.2 Å². The van der Waals surface area contributed by atoms with E-state index >= 15 is 0 Å². The van der Waals surface area contributed by atoms with Gasteiger partial charge < -0.3 is 15.2 Å². The summed E-state index contributed by atoms with van der Waals surface area (Å²) in [5.41, 5.74) is 7.45. The van der Waals surface area contributed by atoms with Gasteiger partial charge in [-0.1, -0.05) is 32.8 Å². The van der Waals surface area contributed by atoms with E-state index in [-0.39, 0.29) is 6.04 Å². The number of ether oxygens (including phenoxy) is 2. The van der Waals surface area contributed by atoms with Gasteiger partial charge in [0.15, 0.2) is 11.5 Å². The Balaban J connectivity index is 2.66. The topological polar surface area (TPSA) is 44.5 Å². The molecule has 3 heteroatoms. The van der Waals surface area contributed by atoms with Gasteiger partial charge in [-0.25, -0.2) is 0 Å². The van der Waals surface area contributed by atoms with Gasteiger partial charge in [0.25, 0.3) is 0 Å². The van der Waals surface area contributed by atoms with E-state index in [4.69, 9.17) is 15.2 Å². The third-order valence-electron chi connectivity index (χ3n) is 3.74. The van der Waals surface area contributed by atoms with Crippen LogP contribution in [0.1, 0.15) is 38.7 Å². The molecule has 108 valence electrons. The zero-order valence-electron chi connectivity index (χ0n) is 12.6. The summed E-state index contributed by atoms with van der Waals surface area (Å²) in [7, 11) is 3.31. The molecule has 1 atom stereocenters. The van der Waals surface area contributed by atoms with Crippen molar-refractivity contribution in [2.75, 3.05) is 14.2 Å². The average molecular weight is 265 g/mol. The summed E-state index contributed by atoms with van der Waals surface area (Å²) >= 11 is 0. The maximum atomic E-state index is 6.25. The minimum absolute atomic E-state index is 0.211. The van der Waals surface area contributed by atoms with Gasteiger partial charge >= 0.3 is 0 Å². The van der Waals surface area contributed by atoms with E-state index in [0.29, 0.717) is 0 Å². The van der Waals surface area contributed by atoms with E-state index in [1.807, 2.05) is 12.1 Å². The molecule has 1 unspecified atom stereocenters. The number of hydrogen-bond donors (Lipinski definition) is 1. The molecule has 0 heterocycles. The first-order chi connectivity index (χ1) is 9.14. The lowest BCUT2D eigenvalue weighted by Crippen LogP contribution is -2.25. The highest BCUT2D eigenvalue weighted by Gasteiger charge is 2.12. The molecule has 1 rings (SSSR count). The number of hydrogen-bond acceptors (Lipinski definition) is 3. The number of rotatable bonds is 8. The van der Waals surface area contributed by atoms with Gasteiger partial charge in [-0.3, -0.25) is 0 Å². The molecule has 0 amide bonds. The fourth-order valence-electron chi connectivity index (χ4n) is 2.44. The monoisotopic (exact) mass is 265 g/mol. The molecule has 19 heavy (non-hydrogen) atoms. The first kappa shape index (κ1) is 15.8.